The first-order valence-corrected chi connectivity index (χ1v) is 24.7. The molecule has 13 nitrogen and oxygen atoms in total. The zero-order valence-corrected chi connectivity index (χ0v) is 41.1. The molecule has 65 heavy (non-hydrogen) atoms. The molecule has 1 aromatic carbocycles. The molecule has 2 saturated heterocycles. The molecule has 2 aliphatic heterocycles. The highest BCUT2D eigenvalue weighted by Gasteiger charge is 2.56. The van der Waals surface area contributed by atoms with Gasteiger partial charge in [0.2, 0.25) is 0 Å². The Morgan fingerprint density at radius 2 is 1.71 bits per heavy atom. The van der Waals surface area contributed by atoms with Crippen molar-refractivity contribution in [1.29, 1.82) is 0 Å². The summed E-state index contributed by atoms with van der Waals surface area (Å²) in [6.07, 6.45) is 4.63. The standard InChI is InChI=1S/C50H74FN3O10S/c1-12-31-17-14-18-39(64-41-20-19-38(54(6)7)28(5)61-41)27(4)44(56)36-24-34-33-22-32(63-49(60-11)47(59-10)46(58-9)45(57-8)26(2)3)23-37(33)48-43(42(34)35(36)25-40(55)62-31)53-50(65-48)52-30-16-13-15-29(51)21-30/h13,15-16,21,24,26-28,31-35,37-39,41-42,45-47,49H,12,14,17-20,22-23,25H2,1-11H3,(H,52,53)/t27-,28?,31+,32+,33+,34+,35-,37?,38+,39+,41+,42?,45?,46?,47?,49?/m1/s1. The number of thiazole rings is 1. The molecule has 3 heterocycles. The lowest BCUT2D eigenvalue weighted by atomic mass is 9.67. The fourth-order valence-electron chi connectivity index (χ4n) is 11.8. The molecule has 0 amide bonds. The van der Waals surface area contributed by atoms with Crippen molar-refractivity contribution in [2.45, 2.75) is 166 Å². The Morgan fingerprint density at radius 3 is 2.35 bits per heavy atom. The van der Waals surface area contributed by atoms with Crippen LogP contribution in [0.15, 0.2) is 35.9 Å². The third kappa shape index (κ3) is 10.9. The lowest BCUT2D eigenvalue weighted by molar-refractivity contribution is -0.246. The Labute approximate surface area is 389 Å². The number of methoxy groups -OCH3 is 4. The smallest absolute Gasteiger partial charge is 0.306 e. The van der Waals surface area contributed by atoms with Gasteiger partial charge in [-0.1, -0.05) is 39.8 Å². The maximum atomic E-state index is 15.2. The van der Waals surface area contributed by atoms with Gasteiger partial charge in [-0.15, -0.1) is 11.3 Å². The lowest BCUT2D eigenvalue weighted by Crippen LogP contribution is -2.51. The highest BCUT2D eigenvalue weighted by atomic mass is 32.1. The average molecular weight is 928 g/mol. The maximum absolute atomic E-state index is 15.2. The molecule has 3 aliphatic carbocycles. The van der Waals surface area contributed by atoms with Gasteiger partial charge in [0, 0.05) is 68.7 Å². The molecule has 0 radical (unpaired) electrons. The zero-order chi connectivity index (χ0) is 46.7. The van der Waals surface area contributed by atoms with Gasteiger partial charge < -0.3 is 48.1 Å². The van der Waals surface area contributed by atoms with E-state index in [-0.39, 0.29) is 84.1 Å². The van der Waals surface area contributed by atoms with Gasteiger partial charge in [0.1, 0.15) is 24.1 Å². The van der Waals surface area contributed by atoms with Gasteiger partial charge in [0.05, 0.1) is 36.5 Å². The minimum atomic E-state index is -0.768. The van der Waals surface area contributed by atoms with E-state index in [0.29, 0.717) is 54.5 Å². The highest BCUT2D eigenvalue weighted by Crippen LogP contribution is 2.63. The van der Waals surface area contributed by atoms with Crippen LogP contribution in [-0.2, 0) is 47.5 Å². The van der Waals surface area contributed by atoms with Crippen LogP contribution in [0.2, 0.25) is 0 Å². The Balaban J connectivity index is 1.24. The average Bonchev–Trinajstić information content (AvgIpc) is 3.99. The molecule has 362 valence electrons. The van der Waals surface area contributed by atoms with Crippen LogP contribution in [0.4, 0.5) is 15.2 Å². The fourth-order valence-corrected chi connectivity index (χ4v) is 13.0. The molecule has 15 heteroatoms. The van der Waals surface area contributed by atoms with E-state index >= 15 is 4.79 Å². The van der Waals surface area contributed by atoms with Crippen molar-refractivity contribution in [1.82, 2.24) is 9.88 Å². The van der Waals surface area contributed by atoms with Gasteiger partial charge >= 0.3 is 5.97 Å². The Bertz CT molecular complexity index is 1950. The summed E-state index contributed by atoms with van der Waals surface area (Å²) in [5.41, 5.74) is 2.11. The van der Waals surface area contributed by atoms with Crippen molar-refractivity contribution in [2.24, 2.45) is 29.6 Å². The molecule has 3 fully saturated rings. The number of anilines is 2. The molecule has 0 bridgehead atoms. The number of benzene rings is 1. The molecule has 7 unspecified atom stereocenters. The third-order valence-electron chi connectivity index (χ3n) is 15.0. The number of halogens is 1. The summed E-state index contributed by atoms with van der Waals surface area (Å²) in [5, 5.41) is 4.00. The van der Waals surface area contributed by atoms with Crippen LogP contribution in [0.5, 0.6) is 0 Å². The highest BCUT2D eigenvalue weighted by molar-refractivity contribution is 7.15. The van der Waals surface area contributed by atoms with Gasteiger partial charge in [0.25, 0.3) is 0 Å². The van der Waals surface area contributed by atoms with Crippen molar-refractivity contribution in [3.8, 4) is 0 Å². The largest absolute Gasteiger partial charge is 0.462 e. The number of esters is 1. The molecule has 1 saturated carbocycles. The van der Waals surface area contributed by atoms with E-state index in [1.165, 1.54) is 12.1 Å². The number of carbonyl (C=O) groups excluding carboxylic acids is 2. The Morgan fingerprint density at radius 1 is 0.954 bits per heavy atom. The molecule has 7 rings (SSSR count). The first kappa shape index (κ1) is 50.0. The number of cyclic esters (lactones) is 1. The number of hydrogen-bond acceptors (Lipinski definition) is 14. The van der Waals surface area contributed by atoms with Crippen molar-refractivity contribution in [2.75, 3.05) is 47.9 Å². The summed E-state index contributed by atoms with van der Waals surface area (Å²) in [5.74, 6) is -1.77. The molecule has 0 spiro atoms. The van der Waals surface area contributed by atoms with Crippen LogP contribution in [0, 0.1) is 35.4 Å². The zero-order valence-electron chi connectivity index (χ0n) is 40.3. The third-order valence-corrected chi connectivity index (χ3v) is 16.2. The van der Waals surface area contributed by atoms with Gasteiger partial charge in [-0.2, -0.15) is 0 Å². The van der Waals surface area contributed by atoms with Gasteiger partial charge in [-0.25, -0.2) is 9.37 Å². The van der Waals surface area contributed by atoms with Crippen molar-refractivity contribution < 1.29 is 51.9 Å². The number of rotatable bonds is 16. The van der Waals surface area contributed by atoms with Crippen molar-refractivity contribution in [3.63, 3.8) is 0 Å². The van der Waals surface area contributed by atoms with E-state index in [1.807, 2.05) is 19.9 Å². The van der Waals surface area contributed by atoms with E-state index < -0.39 is 36.6 Å². The van der Waals surface area contributed by atoms with Gasteiger partial charge in [-0.3, -0.25) is 9.59 Å². The van der Waals surface area contributed by atoms with Crippen LogP contribution in [0.3, 0.4) is 0 Å². The predicted molar refractivity (Wildman–Crippen MR) is 247 cm³/mol. The maximum Gasteiger partial charge on any atom is 0.306 e. The van der Waals surface area contributed by atoms with Crippen LogP contribution >= 0.6 is 11.3 Å². The molecule has 16 atom stereocenters. The van der Waals surface area contributed by atoms with E-state index in [1.54, 1.807) is 45.8 Å². The summed E-state index contributed by atoms with van der Waals surface area (Å²) >= 11 is 1.55. The van der Waals surface area contributed by atoms with Crippen LogP contribution < -0.4 is 5.32 Å². The SMILES string of the molecule is CC[C@H]1CCC[C@H](O[C@H]2CC[C@H](N(C)C)C(C)O2)[C@@H](C)C(=O)C2=C[C@@H]3C(c4nc(Nc5cccc(F)c5)sc4C4C[C@@H](OC(OC)C(OC)C(OC)C(OC)C(C)C)C[C@H]43)[C@@H]2CC(=O)O1. The van der Waals surface area contributed by atoms with Gasteiger partial charge in [0.15, 0.2) is 23.5 Å². The molecule has 1 aromatic heterocycles. The summed E-state index contributed by atoms with van der Waals surface area (Å²) in [4.78, 5) is 37.9. The van der Waals surface area contributed by atoms with Crippen molar-refractivity contribution in [3.05, 3.63) is 52.3 Å². The Hall–Kier alpha value is -2.86. The predicted octanol–water partition coefficient (Wildman–Crippen LogP) is 8.79. The first-order valence-electron chi connectivity index (χ1n) is 23.9. The summed E-state index contributed by atoms with van der Waals surface area (Å²) in [7, 11) is 10.7. The second-order valence-electron chi connectivity index (χ2n) is 19.5. The Kier molecular flexibility index (Phi) is 17.0. The fraction of sp³-hybridized carbons (Fsp3) is 0.740. The normalized spacial score (nSPS) is 33.7. The van der Waals surface area contributed by atoms with Crippen LogP contribution in [-0.4, -0.2) is 126 Å². The number of nitrogens with one attached hydrogen (secondary N) is 1. The van der Waals surface area contributed by atoms with E-state index in [9.17, 15) is 9.18 Å². The molecule has 1 N–H and O–H groups in total. The molecular formula is C50H74FN3O10S. The number of aromatic nitrogens is 1. The number of Topliss-reactive ketones (excluding diaryl/α,β-unsaturated/α-hetero) is 1. The van der Waals surface area contributed by atoms with Crippen molar-refractivity contribution >= 4 is 33.9 Å². The number of carbonyl (C=O) groups is 2. The summed E-state index contributed by atoms with van der Waals surface area (Å²) in [6.45, 7) is 10.3. The number of fused-ring (bicyclic) bond motifs is 8. The number of ether oxygens (including phenoxy) is 8. The summed E-state index contributed by atoms with van der Waals surface area (Å²) in [6, 6.07) is 6.63. The summed E-state index contributed by atoms with van der Waals surface area (Å²) < 4.78 is 64.8. The number of hydrogen-bond donors (Lipinski definition) is 1. The van der Waals surface area contributed by atoms with E-state index in [4.69, 9.17) is 42.9 Å². The quantitative estimate of drug-likeness (QED) is 0.127. The number of likely N-dealkylation sites (N-methyl/N-ethyl adjacent to an activating group) is 1. The molecule has 2 aromatic rings. The minimum Gasteiger partial charge on any atom is -0.462 e. The minimum absolute atomic E-state index is 0.00656. The molecule has 5 aliphatic rings. The monoisotopic (exact) mass is 928 g/mol. The van der Waals surface area contributed by atoms with E-state index in [2.05, 4.69) is 51.2 Å². The second-order valence-corrected chi connectivity index (χ2v) is 20.6. The first-order chi connectivity index (χ1) is 31.2. The topological polar surface area (TPSA) is 136 Å². The molecular weight excluding hydrogens is 854 g/mol. The van der Waals surface area contributed by atoms with Gasteiger partial charge in [-0.05, 0) is 114 Å². The van der Waals surface area contributed by atoms with Crippen LogP contribution in [0.1, 0.15) is 115 Å². The van der Waals surface area contributed by atoms with Crippen LogP contribution in [0.25, 0.3) is 0 Å². The number of ketones is 1. The number of allylic oxidation sites excluding steroid dienone is 2. The lowest BCUT2D eigenvalue weighted by Gasteiger charge is -2.40. The number of nitrogens with zero attached hydrogens (tertiary/aromatic N) is 2. The second kappa shape index (κ2) is 22.1. The van der Waals surface area contributed by atoms with E-state index in [0.717, 1.165) is 29.8 Å².